The van der Waals surface area contributed by atoms with Crippen molar-refractivity contribution >= 4 is 11.6 Å². The summed E-state index contributed by atoms with van der Waals surface area (Å²) in [5.41, 5.74) is 4.53. The fraction of sp³-hybridized carbons (Fsp3) is 0.450. The highest BCUT2D eigenvalue weighted by Crippen LogP contribution is 2.27. The van der Waals surface area contributed by atoms with Gasteiger partial charge in [0.05, 0.1) is 0 Å². The first-order chi connectivity index (χ1) is 11.5. The number of nitrogens with zero attached hydrogens (tertiary/aromatic N) is 3. The third-order valence-corrected chi connectivity index (χ3v) is 5.07. The molecule has 2 aromatic rings. The van der Waals surface area contributed by atoms with Gasteiger partial charge in [-0.2, -0.15) is 0 Å². The lowest BCUT2D eigenvalue weighted by Gasteiger charge is -2.34. The highest BCUT2D eigenvalue weighted by molar-refractivity contribution is 5.94. The van der Waals surface area contributed by atoms with Crippen molar-refractivity contribution in [1.29, 1.82) is 0 Å². The van der Waals surface area contributed by atoms with Gasteiger partial charge in [0.15, 0.2) is 0 Å². The van der Waals surface area contributed by atoms with E-state index in [2.05, 4.69) is 30.5 Å². The lowest BCUT2D eigenvalue weighted by Crippen LogP contribution is -2.39. The van der Waals surface area contributed by atoms with Gasteiger partial charge in [0.25, 0.3) is 5.91 Å². The monoisotopic (exact) mass is 325 g/mol. The van der Waals surface area contributed by atoms with Gasteiger partial charge in [-0.05, 0) is 63.1 Å². The number of amides is 1. The normalized spacial score (nSPS) is 15.6. The van der Waals surface area contributed by atoms with Crippen molar-refractivity contribution in [3.05, 3.63) is 53.3 Å². The number of rotatable bonds is 3. The van der Waals surface area contributed by atoms with Crippen LogP contribution in [0.4, 0.5) is 5.69 Å². The van der Waals surface area contributed by atoms with Crippen LogP contribution in [0.3, 0.4) is 0 Å². The zero-order chi connectivity index (χ0) is 17.3. The predicted octanol–water partition coefficient (Wildman–Crippen LogP) is 3.65. The molecule has 1 aromatic heterocycles. The molecule has 0 saturated carbocycles. The van der Waals surface area contributed by atoms with Gasteiger partial charge >= 0.3 is 0 Å². The number of anilines is 1. The van der Waals surface area contributed by atoms with E-state index in [9.17, 15) is 4.79 Å². The van der Waals surface area contributed by atoms with E-state index in [4.69, 9.17) is 0 Å². The van der Waals surface area contributed by atoms with E-state index in [0.717, 1.165) is 37.2 Å². The maximum atomic E-state index is 12.7. The Kier molecular flexibility index (Phi) is 4.65. The van der Waals surface area contributed by atoms with Crippen LogP contribution < -0.4 is 4.90 Å². The molecule has 0 aliphatic carbocycles. The summed E-state index contributed by atoms with van der Waals surface area (Å²) in [6.45, 7) is 5.99. The van der Waals surface area contributed by atoms with Gasteiger partial charge in [-0.3, -0.25) is 4.79 Å². The molecule has 1 aliphatic rings. The summed E-state index contributed by atoms with van der Waals surface area (Å²) < 4.78 is 2.42. The van der Waals surface area contributed by atoms with Gasteiger partial charge in [0.2, 0.25) is 0 Å². The molecular formula is C20H27N3O. The molecule has 1 saturated heterocycles. The standard InChI is InChI=1S/C20H27N3O/c1-15-5-6-16(2)23(15)19-11-13-22(14-12-19)20(24)17-7-9-18(10-8-17)21(3)4/h5-10,19H,11-14H2,1-4H3. The Bertz CT molecular complexity index is 687. The third kappa shape index (κ3) is 3.18. The summed E-state index contributed by atoms with van der Waals surface area (Å²) >= 11 is 0. The summed E-state index contributed by atoms with van der Waals surface area (Å²) in [7, 11) is 4.01. The first kappa shape index (κ1) is 16.6. The van der Waals surface area contributed by atoms with E-state index in [0.29, 0.717) is 6.04 Å². The molecule has 0 bridgehead atoms. The van der Waals surface area contributed by atoms with Crippen molar-refractivity contribution in [3.8, 4) is 0 Å². The first-order valence-corrected chi connectivity index (χ1v) is 8.68. The van der Waals surface area contributed by atoms with E-state index < -0.39 is 0 Å². The Balaban J connectivity index is 1.65. The van der Waals surface area contributed by atoms with Gasteiger partial charge in [-0.15, -0.1) is 0 Å². The molecule has 1 aromatic carbocycles. The maximum absolute atomic E-state index is 12.7. The summed E-state index contributed by atoms with van der Waals surface area (Å²) in [5.74, 6) is 0.153. The van der Waals surface area contributed by atoms with Crippen LogP contribution in [0.2, 0.25) is 0 Å². The van der Waals surface area contributed by atoms with Gasteiger partial charge in [0, 0.05) is 55.9 Å². The number of carbonyl (C=O) groups is 1. The molecule has 1 aliphatic heterocycles. The molecule has 4 heteroatoms. The number of aryl methyl sites for hydroxylation is 2. The lowest BCUT2D eigenvalue weighted by atomic mass is 10.0. The third-order valence-electron chi connectivity index (χ3n) is 5.07. The van der Waals surface area contributed by atoms with E-state index >= 15 is 0 Å². The highest BCUT2D eigenvalue weighted by Gasteiger charge is 2.25. The Morgan fingerprint density at radius 1 is 0.958 bits per heavy atom. The number of hydrogen-bond acceptors (Lipinski definition) is 2. The van der Waals surface area contributed by atoms with Crippen molar-refractivity contribution in [3.63, 3.8) is 0 Å². The Morgan fingerprint density at radius 2 is 1.50 bits per heavy atom. The van der Waals surface area contributed by atoms with Crippen LogP contribution in [0, 0.1) is 13.8 Å². The zero-order valence-electron chi connectivity index (χ0n) is 15.1. The van der Waals surface area contributed by atoms with Crippen molar-refractivity contribution in [1.82, 2.24) is 9.47 Å². The first-order valence-electron chi connectivity index (χ1n) is 8.68. The summed E-state index contributed by atoms with van der Waals surface area (Å²) in [6.07, 6.45) is 2.05. The highest BCUT2D eigenvalue weighted by atomic mass is 16.2. The van der Waals surface area contributed by atoms with Gasteiger partial charge in [-0.1, -0.05) is 0 Å². The van der Waals surface area contributed by atoms with Crippen LogP contribution in [0.1, 0.15) is 40.6 Å². The second-order valence-electron chi connectivity index (χ2n) is 6.95. The van der Waals surface area contributed by atoms with Crippen LogP contribution in [-0.2, 0) is 0 Å². The molecular weight excluding hydrogens is 298 g/mol. The number of likely N-dealkylation sites (tertiary alicyclic amines) is 1. The van der Waals surface area contributed by atoms with Crippen molar-refractivity contribution in [2.24, 2.45) is 0 Å². The molecule has 3 rings (SSSR count). The summed E-state index contributed by atoms with van der Waals surface area (Å²) in [5, 5.41) is 0. The number of aromatic nitrogens is 1. The molecule has 0 radical (unpaired) electrons. The molecule has 1 fully saturated rings. The summed E-state index contributed by atoms with van der Waals surface area (Å²) in [6, 6.07) is 12.8. The van der Waals surface area contributed by atoms with Crippen molar-refractivity contribution < 1.29 is 4.79 Å². The summed E-state index contributed by atoms with van der Waals surface area (Å²) in [4.78, 5) is 16.8. The molecule has 4 nitrogen and oxygen atoms in total. The fourth-order valence-corrected chi connectivity index (χ4v) is 3.67. The van der Waals surface area contributed by atoms with E-state index in [-0.39, 0.29) is 5.91 Å². The van der Waals surface area contributed by atoms with Gasteiger partial charge in [-0.25, -0.2) is 0 Å². The molecule has 0 atom stereocenters. The second kappa shape index (κ2) is 6.71. The Morgan fingerprint density at radius 3 is 2.00 bits per heavy atom. The maximum Gasteiger partial charge on any atom is 0.253 e. The number of benzene rings is 1. The molecule has 24 heavy (non-hydrogen) atoms. The Labute approximate surface area is 144 Å². The van der Waals surface area contributed by atoms with Crippen molar-refractivity contribution in [2.75, 3.05) is 32.1 Å². The smallest absolute Gasteiger partial charge is 0.253 e. The molecule has 0 N–H and O–H groups in total. The Hall–Kier alpha value is -2.23. The number of hydrogen-bond donors (Lipinski definition) is 0. The van der Waals surface area contributed by atoms with Crippen LogP contribution >= 0.6 is 0 Å². The van der Waals surface area contributed by atoms with Gasteiger partial charge < -0.3 is 14.4 Å². The van der Waals surface area contributed by atoms with E-state index in [1.54, 1.807) is 0 Å². The fourth-order valence-electron chi connectivity index (χ4n) is 3.67. The molecule has 1 amide bonds. The van der Waals surface area contributed by atoms with Crippen molar-refractivity contribution in [2.45, 2.75) is 32.7 Å². The average molecular weight is 325 g/mol. The van der Waals surface area contributed by atoms with Crippen LogP contribution in [0.15, 0.2) is 36.4 Å². The minimum absolute atomic E-state index is 0.153. The SMILES string of the molecule is Cc1ccc(C)n1C1CCN(C(=O)c2ccc(N(C)C)cc2)CC1. The number of piperidine rings is 1. The number of carbonyl (C=O) groups excluding carboxylic acids is 1. The second-order valence-corrected chi connectivity index (χ2v) is 6.95. The van der Waals surface area contributed by atoms with Crippen LogP contribution in [0.25, 0.3) is 0 Å². The lowest BCUT2D eigenvalue weighted by molar-refractivity contribution is 0.0693. The predicted molar refractivity (Wildman–Crippen MR) is 98.8 cm³/mol. The van der Waals surface area contributed by atoms with Gasteiger partial charge in [0.1, 0.15) is 0 Å². The van der Waals surface area contributed by atoms with E-state index in [1.807, 2.05) is 48.2 Å². The molecule has 2 heterocycles. The van der Waals surface area contributed by atoms with Crippen LogP contribution in [-0.4, -0.2) is 42.6 Å². The van der Waals surface area contributed by atoms with Crippen LogP contribution in [0.5, 0.6) is 0 Å². The largest absolute Gasteiger partial charge is 0.378 e. The molecule has 128 valence electrons. The quantitative estimate of drug-likeness (QED) is 0.862. The minimum atomic E-state index is 0.153. The minimum Gasteiger partial charge on any atom is -0.378 e. The average Bonchev–Trinajstić information content (AvgIpc) is 2.93. The molecule has 0 unspecified atom stereocenters. The topological polar surface area (TPSA) is 28.5 Å². The zero-order valence-corrected chi connectivity index (χ0v) is 15.1. The molecule has 0 spiro atoms. The van der Waals surface area contributed by atoms with E-state index in [1.165, 1.54) is 11.4 Å².